The molecule has 0 radical (unpaired) electrons. The molecule has 3 aromatic rings. The molecule has 39 heavy (non-hydrogen) atoms. The Kier molecular flexibility index (Phi) is 10.2. The van der Waals surface area contributed by atoms with Crippen molar-refractivity contribution < 1.29 is 15.3 Å². The van der Waals surface area contributed by atoms with Crippen molar-refractivity contribution in [2.75, 3.05) is 26.3 Å². The van der Waals surface area contributed by atoms with E-state index in [4.69, 9.17) is 12.2 Å². The lowest BCUT2D eigenvalue weighted by atomic mass is 9.94. The number of rotatable bonds is 10. The fourth-order valence-electron chi connectivity index (χ4n) is 6.36. The molecule has 2 atom stereocenters. The Morgan fingerprint density at radius 2 is 1.33 bits per heavy atom. The van der Waals surface area contributed by atoms with Crippen LogP contribution in [0.1, 0.15) is 62.5 Å². The molecule has 2 unspecified atom stereocenters. The van der Waals surface area contributed by atoms with Crippen LogP contribution in [-0.4, -0.2) is 63.5 Å². The third-order valence-corrected chi connectivity index (χ3v) is 11.5. The Labute approximate surface area is 244 Å². The van der Waals surface area contributed by atoms with Crippen LogP contribution in [0.15, 0.2) is 42.5 Å². The summed E-state index contributed by atoms with van der Waals surface area (Å²) in [5.74, 6) is 0.389. The first-order valence-electron chi connectivity index (χ1n) is 14.3. The van der Waals surface area contributed by atoms with Crippen LogP contribution in [0.3, 0.4) is 0 Å². The zero-order valence-corrected chi connectivity index (χ0v) is 25.0. The molecule has 0 amide bonds. The third kappa shape index (κ3) is 6.81. The van der Waals surface area contributed by atoms with Gasteiger partial charge in [0.2, 0.25) is 0 Å². The van der Waals surface area contributed by atoms with Crippen LogP contribution in [0.4, 0.5) is 0 Å². The van der Waals surface area contributed by atoms with Crippen molar-refractivity contribution in [1.29, 1.82) is 0 Å². The Balaban J connectivity index is 1.56. The molecule has 5 nitrogen and oxygen atoms in total. The van der Waals surface area contributed by atoms with Crippen LogP contribution in [0.5, 0.6) is 5.75 Å². The highest BCUT2D eigenvalue weighted by molar-refractivity contribution is 7.80. The van der Waals surface area contributed by atoms with Gasteiger partial charge in [-0.3, -0.25) is 9.80 Å². The van der Waals surface area contributed by atoms with Gasteiger partial charge in [-0.05, 0) is 74.9 Å². The summed E-state index contributed by atoms with van der Waals surface area (Å²) in [5.41, 5.74) is 5.25. The molecule has 0 bridgehead atoms. The molecule has 2 aromatic carbocycles. The fourth-order valence-corrected chi connectivity index (χ4v) is 9.26. The number of hydrogen-bond donors (Lipinski definition) is 3. The van der Waals surface area contributed by atoms with Gasteiger partial charge < -0.3 is 15.3 Å². The first kappa shape index (κ1) is 28.9. The molecule has 5 rings (SSSR count). The number of nitrogens with zero attached hydrogens (tertiary/aromatic N) is 2. The third-order valence-electron chi connectivity index (χ3n) is 8.39. The van der Waals surface area contributed by atoms with E-state index < -0.39 is 0 Å². The van der Waals surface area contributed by atoms with Crippen molar-refractivity contribution in [2.24, 2.45) is 0 Å². The second-order valence-corrected chi connectivity index (χ2v) is 13.7. The Morgan fingerprint density at radius 3 is 1.87 bits per heavy atom. The Bertz CT molecular complexity index is 1220. The summed E-state index contributed by atoms with van der Waals surface area (Å²) in [4.78, 5) is 6.06. The Morgan fingerprint density at radius 1 is 0.769 bits per heavy atom. The highest BCUT2D eigenvalue weighted by Crippen LogP contribution is 2.44. The minimum absolute atomic E-state index is 0.193. The first-order chi connectivity index (χ1) is 19.1. The molecule has 8 heteroatoms. The molecule has 210 valence electrons. The van der Waals surface area contributed by atoms with Gasteiger partial charge in [0.1, 0.15) is 9.57 Å². The maximum absolute atomic E-state index is 11.7. The summed E-state index contributed by atoms with van der Waals surface area (Å²) in [6, 6.07) is 15.4. The fraction of sp³-hybridized carbons (Fsp3) is 0.516. The van der Waals surface area contributed by atoms with Gasteiger partial charge in [-0.25, -0.2) is 0 Å². The second kappa shape index (κ2) is 13.8. The SMILES string of the molecule is OCCC1CCCCN1Cc1cc(-c2ssc(=S)c2-c2ccccc2)cc(CN2CCCCC2CCO)c1O. The van der Waals surface area contributed by atoms with Gasteiger partial charge >= 0.3 is 0 Å². The summed E-state index contributed by atoms with van der Waals surface area (Å²) in [7, 11) is 3.36. The molecule has 2 aliphatic rings. The first-order valence-corrected chi connectivity index (χ1v) is 16.9. The molecule has 0 saturated carbocycles. The van der Waals surface area contributed by atoms with E-state index in [0.717, 1.165) is 88.1 Å². The quantitative estimate of drug-likeness (QED) is 0.175. The molecule has 2 fully saturated rings. The van der Waals surface area contributed by atoms with Crippen LogP contribution in [0.25, 0.3) is 21.6 Å². The molecule has 2 saturated heterocycles. The van der Waals surface area contributed by atoms with Crippen LogP contribution >= 0.6 is 32.9 Å². The van der Waals surface area contributed by atoms with E-state index >= 15 is 0 Å². The highest BCUT2D eigenvalue weighted by Gasteiger charge is 2.27. The van der Waals surface area contributed by atoms with Crippen LogP contribution < -0.4 is 0 Å². The minimum atomic E-state index is 0.193. The van der Waals surface area contributed by atoms with Crippen LogP contribution in [0.2, 0.25) is 0 Å². The summed E-state index contributed by atoms with van der Waals surface area (Å²) in [6.07, 6.45) is 8.41. The predicted molar refractivity (Wildman–Crippen MR) is 165 cm³/mol. The molecule has 2 aliphatic heterocycles. The number of likely N-dealkylation sites (tertiary alicyclic amines) is 2. The summed E-state index contributed by atoms with van der Waals surface area (Å²) in [6.45, 7) is 3.71. The highest BCUT2D eigenvalue weighted by atomic mass is 32.9. The van der Waals surface area contributed by atoms with Crippen molar-refractivity contribution in [2.45, 2.75) is 76.5 Å². The van der Waals surface area contributed by atoms with E-state index in [0.29, 0.717) is 30.9 Å². The molecule has 3 N–H and O–H groups in total. The predicted octanol–water partition coefficient (Wildman–Crippen LogP) is 7.05. The van der Waals surface area contributed by atoms with E-state index in [1.165, 1.54) is 12.8 Å². The van der Waals surface area contributed by atoms with Crippen molar-refractivity contribution in [3.8, 4) is 27.3 Å². The largest absolute Gasteiger partial charge is 0.507 e. The monoisotopic (exact) mass is 584 g/mol. The van der Waals surface area contributed by atoms with Crippen molar-refractivity contribution in [3.05, 3.63) is 57.4 Å². The van der Waals surface area contributed by atoms with Crippen LogP contribution in [-0.2, 0) is 13.1 Å². The number of aliphatic hydroxyl groups excluding tert-OH is 2. The van der Waals surface area contributed by atoms with Crippen molar-refractivity contribution >= 4 is 32.9 Å². The molecular weight excluding hydrogens is 545 g/mol. The average Bonchev–Trinajstić information content (AvgIpc) is 3.35. The van der Waals surface area contributed by atoms with E-state index in [-0.39, 0.29) is 13.2 Å². The van der Waals surface area contributed by atoms with Crippen LogP contribution in [0, 0.1) is 3.82 Å². The average molecular weight is 585 g/mol. The van der Waals surface area contributed by atoms with Gasteiger partial charge in [0.05, 0.1) is 4.88 Å². The summed E-state index contributed by atoms with van der Waals surface area (Å²) >= 11 is 5.81. The number of phenols is 1. The van der Waals surface area contributed by atoms with Gasteiger partial charge in [0.15, 0.2) is 0 Å². The number of benzene rings is 2. The van der Waals surface area contributed by atoms with Gasteiger partial charge in [0.25, 0.3) is 0 Å². The van der Waals surface area contributed by atoms with E-state index in [1.807, 2.05) is 6.07 Å². The molecular formula is C31H40N2O3S3. The lowest BCUT2D eigenvalue weighted by molar-refractivity contribution is 0.109. The van der Waals surface area contributed by atoms with E-state index in [2.05, 4.69) is 46.2 Å². The van der Waals surface area contributed by atoms with Crippen molar-refractivity contribution in [3.63, 3.8) is 0 Å². The topological polar surface area (TPSA) is 67.2 Å². The van der Waals surface area contributed by atoms with E-state index in [9.17, 15) is 15.3 Å². The normalized spacial score (nSPS) is 20.9. The zero-order valence-electron chi connectivity index (χ0n) is 22.6. The Hall–Kier alpha value is -1.65. The van der Waals surface area contributed by atoms with Gasteiger partial charge in [-0.1, -0.05) is 76.1 Å². The number of aromatic hydroxyl groups is 1. The number of piperidine rings is 2. The standard InChI is InChI=1S/C31H40N2O3S3/c34-16-12-26-10-4-6-14-32(26)20-24-18-23(30-28(31(37)39-38-30)22-8-2-1-3-9-22)19-25(29(24)36)21-33-15-7-5-11-27(33)13-17-35/h1-3,8-9,18-19,26-27,34-36H,4-7,10-17,20-21H2. The minimum Gasteiger partial charge on any atom is -0.507 e. The smallest absolute Gasteiger partial charge is 0.124 e. The van der Waals surface area contributed by atoms with Gasteiger partial charge in [0, 0.05) is 55.1 Å². The molecule has 0 spiro atoms. The molecule has 3 heterocycles. The molecule has 0 aliphatic carbocycles. The van der Waals surface area contributed by atoms with E-state index in [1.54, 1.807) is 20.7 Å². The maximum atomic E-state index is 11.7. The number of phenolic OH excluding ortho intramolecular Hbond substituents is 1. The lowest BCUT2D eigenvalue weighted by Gasteiger charge is -2.37. The lowest BCUT2D eigenvalue weighted by Crippen LogP contribution is -2.40. The number of hydrogen-bond acceptors (Lipinski definition) is 8. The molecule has 1 aromatic heterocycles. The van der Waals surface area contributed by atoms with Crippen molar-refractivity contribution in [1.82, 2.24) is 9.80 Å². The summed E-state index contributed by atoms with van der Waals surface area (Å²) < 4.78 is 0.899. The number of aliphatic hydroxyl groups is 2. The summed E-state index contributed by atoms with van der Waals surface area (Å²) in [5, 5.41) is 31.0. The van der Waals surface area contributed by atoms with Gasteiger partial charge in [-0.2, -0.15) is 0 Å². The zero-order chi connectivity index (χ0) is 27.2. The van der Waals surface area contributed by atoms with Gasteiger partial charge in [-0.15, -0.1) is 0 Å². The second-order valence-electron chi connectivity index (χ2n) is 10.9. The maximum Gasteiger partial charge on any atom is 0.124 e.